The lowest BCUT2D eigenvalue weighted by atomic mass is 10.2. The van der Waals surface area contributed by atoms with Gasteiger partial charge in [0.25, 0.3) is 0 Å². The number of carbonyl (C=O) groups is 1. The van der Waals surface area contributed by atoms with Crippen molar-refractivity contribution in [1.29, 1.82) is 0 Å². The Bertz CT molecular complexity index is 637. The van der Waals surface area contributed by atoms with Gasteiger partial charge < -0.3 is 20.4 Å². The van der Waals surface area contributed by atoms with Gasteiger partial charge in [-0.1, -0.05) is 30.3 Å². The summed E-state index contributed by atoms with van der Waals surface area (Å²) < 4.78 is 7.01. The number of primary amides is 1. The van der Waals surface area contributed by atoms with Crippen molar-refractivity contribution in [2.45, 2.75) is 19.5 Å². The van der Waals surface area contributed by atoms with Crippen LogP contribution in [0.3, 0.4) is 0 Å². The summed E-state index contributed by atoms with van der Waals surface area (Å²) in [6.45, 7) is 2.53. The average molecular weight is 286 g/mol. The zero-order valence-corrected chi connectivity index (χ0v) is 11.7. The third-order valence-corrected chi connectivity index (χ3v) is 3.58. The van der Waals surface area contributed by atoms with Gasteiger partial charge in [-0.05, 0) is 0 Å². The van der Waals surface area contributed by atoms with E-state index in [9.17, 15) is 4.79 Å². The third-order valence-electron chi connectivity index (χ3n) is 3.58. The molecule has 1 aliphatic heterocycles. The highest BCUT2D eigenvalue weighted by atomic mass is 16.5. The summed E-state index contributed by atoms with van der Waals surface area (Å²) in [6, 6.07) is 10.0. The van der Waals surface area contributed by atoms with Crippen LogP contribution in [0, 0.1) is 0 Å². The number of nitrogens with zero attached hydrogens (tertiary/aromatic N) is 2. The first kappa shape index (κ1) is 13.6. The molecule has 0 spiro atoms. The molecule has 0 aliphatic carbocycles. The molecule has 0 saturated carbocycles. The molecule has 1 aromatic heterocycles. The third kappa shape index (κ3) is 2.90. The van der Waals surface area contributed by atoms with E-state index in [1.165, 1.54) is 5.69 Å². The smallest absolute Gasteiger partial charge is 0.404 e. The molecular formula is C15H18N4O2. The molecule has 3 rings (SSSR count). The summed E-state index contributed by atoms with van der Waals surface area (Å²) >= 11 is 0. The molecule has 0 saturated heterocycles. The minimum atomic E-state index is -0.744. The van der Waals surface area contributed by atoms with Crippen molar-refractivity contribution in [3.8, 4) is 11.4 Å². The molecule has 110 valence electrons. The van der Waals surface area contributed by atoms with E-state index in [0.29, 0.717) is 6.54 Å². The van der Waals surface area contributed by atoms with Crippen LogP contribution in [0.15, 0.2) is 30.3 Å². The molecule has 6 nitrogen and oxygen atoms in total. The Hall–Kier alpha value is -2.34. The number of aromatic nitrogens is 2. The highest BCUT2D eigenvalue weighted by Gasteiger charge is 2.20. The summed E-state index contributed by atoms with van der Waals surface area (Å²) in [5, 5.41) is 3.33. The molecule has 1 aliphatic rings. The van der Waals surface area contributed by atoms with Crippen LogP contribution in [-0.2, 0) is 24.2 Å². The van der Waals surface area contributed by atoms with Crippen LogP contribution in [0.5, 0.6) is 0 Å². The molecule has 0 unspecified atom stereocenters. The molecular weight excluding hydrogens is 268 g/mol. The number of benzene rings is 1. The van der Waals surface area contributed by atoms with E-state index in [2.05, 4.69) is 9.88 Å². The van der Waals surface area contributed by atoms with Gasteiger partial charge in [-0.25, -0.2) is 9.78 Å². The Morgan fingerprint density at radius 1 is 1.38 bits per heavy atom. The van der Waals surface area contributed by atoms with E-state index in [4.69, 9.17) is 15.5 Å². The molecule has 3 N–H and O–H groups in total. The Morgan fingerprint density at radius 3 is 2.95 bits per heavy atom. The summed E-state index contributed by atoms with van der Waals surface area (Å²) in [5.74, 6) is 0.914. The molecule has 1 aromatic carbocycles. The maximum atomic E-state index is 10.7. The van der Waals surface area contributed by atoms with E-state index in [0.717, 1.165) is 36.6 Å². The SMILES string of the molecule is NC(=O)OCCn1c(-c2ccccc2)nc2c1CCNC2. The van der Waals surface area contributed by atoms with Crippen molar-refractivity contribution < 1.29 is 9.53 Å². The van der Waals surface area contributed by atoms with Gasteiger partial charge in [0.1, 0.15) is 12.4 Å². The van der Waals surface area contributed by atoms with E-state index in [-0.39, 0.29) is 6.61 Å². The molecule has 0 fully saturated rings. The Kier molecular flexibility index (Phi) is 3.87. The number of nitrogens with one attached hydrogen (secondary N) is 1. The number of fused-ring (bicyclic) bond motifs is 1. The lowest BCUT2D eigenvalue weighted by Gasteiger charge is -2.16. The molecule has 0 atom stereocenters. The fourth-order valence-electron chi connectivity index (χ4n) is 2.66. The molecule has 21 heavy (non-hydrogen) atoms. The number of hydrogen-bond donors (Lipinski definition) is 2. The van der Waals surface area contributed by atoms with Crippen molar-refractivity contribution in [3.05, 3.63) is 41.7 Å². The van der Waals surface area contributed by atoms with Crippen LogP contribution in [0.1, 0.15) is 11.4 Å². The second-order valence-corrected chi connectivity index (χ2v) is 4.94. The van der Waals surface area contributed by atoms with E-state index in [1.54, 1.807) is 0 Å². The van der Waals surface area contributed by atoms with Crippen molar-refractivity contribution >= 4 is 6.09 Å². The van der Waals surface area contributed by atoms with Crippen LogP contribution in [0.4, 0.5) is 4.79 Å². The first-order valence-electron chi connectivity index (χ1n) is 7.02. The first-order chi connectivity index (χ1) is 10.3. The summed E-state index contributed by atoms with van der Waals surface area (Å²) in [6.07, 6.45) is 0.179. The van der Waals surface area contributed by atoms with Crippen LogP contribution >= 0.6 is 0 Å². The Morgan fingerprint density at radius 2 is 2.19 bits per heavy atom. The van der Waals surface area contributed by atoms with Gasteiger partial charge in [-0.15, -0.1) is 0 Å². The first-order valence-corrected chi connectivity index (χ1v) is 7.02. The highest BCUT2D eigenvalue weighted by molar-refractivity contribution is 5.64. The van der Waals surface area contributed by atoms with E-state index >= 15 is 0 Å². The zero-order chi connectivity index (χ0) is 14.7. The quantitative estimate of drug-likeness (QED) is 0.887. The van der Waals surface area contributed by atoms with E-state index < -0.39 is 6.09 Å². The summed E-state index contributed by atoms with van der Waals surface area (Å²) in [7, 11) is 0. The van der Waals surface area contributed by atoms with Crippen molar-refractivity contribution in [1.82, 2.24) is 14.9 Å². The monoisotopic (exact) mass is 286 g/mol. The minimum Gasteiger partial charge on any atom is -0.448 e. The molecule has 0 radical (unpaired) electrons. The number of carbonyl (C=O) groups excluding carboxylic acids is 1. The van der Waals surface area contributed by atoms with Gasteiger partial charge in [0, 0.05) is 30.8 Å². The van der Waals surface area contributed by atoms with Gasteiger partial charge in [0.2, 0.25) is 0 Å². The predicted molar refractivity (Wildman–Crippen MR) is 78.6 cm³/mol. The molecule has 2 aromatic rings. The van der Waals surface area contributed by atoms with Gasteiger partial charge in [-0.3, -0.25) is 0 Å². The molecule has 2 heterocycles. The number of rotatable bonds is 4. The average Bonchev–Trinajstić information content (AvgIpc) is 2.87. The number of nitrogens with two attached hydrogens (primary N) is 1. The molecule has 0 bridgehead atoms. The molecule has 6 heteroatoms. The van der Waals surface area contributed by atoms with Gasteiger partial charge in [0.05, 0.1) is 12.2 Å². The van der Waals surface area contributed by atoms with Crippen LogP contribution in [0.25, 0.3) is 11.4 Å². The number of imidazole rings is 1. The summed E-state index contributed by atoms with van der Waals surface area (Å²) in [5.41, 5.74) is 8.36. The number of ether oxygens (including phenoxy) is 1. The summed E-state index contributed by atoms with van der Waals surface area (Å²) in [4.78, 5) is 15.5. The normalized spacial score (nSPS) is 13.7. The van der Waals surface area contributed by atoms with Gasteiger partial charge in [-0.2, -0.15) is 0 Å². The maximum Gasteiger partial charge on any atom is 0.404 e. The van der Waals surface area contributed by atoms with Crippen LogP contribution in [0.2, 0.25) is 0 Å². The van der Waals surface area contributed by atoms with Crippen molar-refractivity contribution in [3.63, 3.8) is 0 Å². The van der Waals surface area contributed by atoms with E-state index in [1.807, 2.05) is 30.3 Å². The number of amides is 1. The number of hydrogen-bond acceptors (Lipinski definition) is 4. The minimum absolute atomic E-state index is 0.255. The standard InChI is InChI=1S/C15H18N4O2/c16-15(20)21-9-8-19-13-6-7-17-10-12(13)18-14(19)11-4-2-1-3-5-11/h1-5,17H,6-10H2,(H2,16,20). The van der Waals surface area contributed by atoms with Crippen LogP contribution < -0.4 is 11.1 Å². The fraction of sp³-hybridized carbons (Fsp3) is 0.333. The maximum absolute atomic E-state index is 10.7. The van der Waals surface area contributed by atoms with Gasteiger partial charge in [0.15, 0.2) is 0 Å². The van der Waals surface area contributed by atoms with Gasteiger partial charge >= 0.3 is 6.09 Å². The lowest BCUT2D eigenvalue weighted by Crippen LogP contribution is -2.26. The fourth-order valence-corrected chi connectivity index (χ4v) is 2.66. The van der Waals surface area contributed by atoms with Crippen molar-refractivity contribution in [2.24, 2.45) is 5.73 Å². The highest BCUT2D eigenvalue weighted by Crippen LogP contribution is 2.24. The second kappa shape index (κ2) is 5.97. The Balaban J connectivity index is 1.94. The predicted octanol–water partition coefficient (Wildman–Crippen LogP) is 1.29. The Labute approximate surface area is 122 Å². The zero-order valence-electron chi connectivity index (χ0n) is 11.7. The topological polar surface area (TPSA) is 82.2 Å². The lowest BCUT2D eigenvalue weighted by molar-refractivity contribution is 0.152. The molecule has 1 amide bonds. The van der Waals surface area contributed by atoms with Crippen LogP contribution in [-0.4, -0.2) is 28.8 Å². The second-order valence-electron chi connectivity index (χ2n) is 4.94. The van der Waals surface area contributed by atoms with Crippen molar-refractivity contribution in [2.75, 3.05) is 13.2 Å². The largest absolute Gasteiger partial charge is 0.448 e.